The zero-order valence-electron chi connectivity index (χ0n) is 20.3. The molecule has 8 nitrogen and oxygen atoms in total. The second-order valence-corrected chi connectivity index (χ2v) is 8.95. The fraction of sp³-hybridized carbons (Fsp3) is 0.138. The van der Waals surface area contributed by atoms with Crippen molar-refractivity contribution in [3.8, 4) is 22.9 Å². The van der Waals surface area contributed by atoms with Crippen LogP contribution in [0.25, 0.3) is 22.4 Å². The van der Waals surface area contributed by atoms with E-state index in [-0.39, 0.29) is 11.7 Å². The number of amides is 1. The molecule has 0 atom stereocenters. The lowest BCUT2D eigenvalue weighted by atomic mass is 10.0. The van der Waals surface area contributed by atoms with Crippen LogP contribution in [-0.2, 0) is 0 Å². The Balaban J connectivity index is 1.28. The summed E-state index contributed by atoms with van der Waals surface area (Å²) in [6.45, 7) is 4.77. The first-order chi connectivity index (χ1) is 18.0. The van der Waals surface area contributed by atoms with E-state index in [4.69, 9.17) is 14.5 Å². The van der Waals surface area contributed by atoms with Crippen LogP contribution in [0, 0.1) is 13.8 Å². The predicted octanol–water partition coefficient (Wildman–Crippen LogP) is 5.43. The number of aromatic nitrogens is 3. The number of carbonyl (C=O) groups excluding carboxylic acids is 2. The number of aryl methyl sites for hydroxylation is 1. The number of fused-ring (bicyclic) bond motifs is 2. The minimum atomic E-state index is -0.268. The van der Waals surface area contributed by atoms with Gasteiger partial charge in [0.05, 0.1) is 11.0 Å². The highest BCUT2D eigenvalue weighted by Crippen LogP contribution is 2.34. The van der Waals surface area contributed by atoms with Crippen LogP contribution in [-0.4, -0.2) is 39.9 Å². The van der Waals surface area contributed by atoms with Crippen LogP contribution in [0.1, 0.15) is 37.7 Å². The molecule has 6 rings (SSSR count). The van der Waals surface area contributed by atoms with Crippen LogP contribution in [0.3, 0.4) is 0 Å². The van der Waals surface area contributed by atoms with E-state index in [1.165, 1.54) is 0 Å². The van der Waals surface area contributed by atoms with Crippen LogP contribution in [0.4, 0.5) is 5.69 Å². The summed E-state index contributed by atoms with van der Waals surface area (Å²) < 4.78 is 11.2. The molecular formula is C29H24N4O4. The molecule has 3 N–H and O–H groups in total. The topological polar surface area (TPSA) is 109 Å². The number of H-pyrrole nitrogens is 2. The van der Waals surface area contributed by atoms with Crippen molar-refractivity contribution in [3.05, 3.63) is 94.8 Å². The third kappa shape index (κ3) is 4.12. The molecule has 0 saturated heterocycles. The number of ether oxygens (including phenoxy) is 2. The first kappa shape index (κ1) is 22.6. The maximum atomic E-state index is 13.1. The molecule has 3 aromatic carbocycles. The van der Waals surface area contributed by atoms with Gasteiger partial charge >= 0.3 is 0 Å². The number of hydrogen-bond donors (Lipinski definition) is 3. The van der Waals surface area contributed by atoms with Gasteiger partial charge in [-0.2, -0.15) is 0 Å². The maximum absolute atomic E-state index is 13.1. The summed E-state index contributed by atoms with van der Waals surface area (Å²) in [5, 5.41) is 2.93. The first-order valence-corrected chi connectivity index (χ1v) is 12.0. The van der Waals surface area contributed by atoms with E-state index in [2.05, 4.69) is 15.3 Å². The molecule has 0 spiro atoms. The highest BCUT2D eigenvalue weighted by atomic mass is 16.6. The third-order valence-corrected chi connectivity index (χ3v) is 6.48. The summed E-state index contributed by atoms with van der Waals surface area (Å²) in [4.78, 5) is 37.3. The van der Waals surface area contributed by atoms with E-state index in [1.807, 2.05) is 44.2 Å². The number of nitrogens with zero attached hydrogens (tertiary/aromatic N) is 1. The minimum absolute atomic E-state index is 0.0502. The van der Waals surface area contributed by atoms with E-state index < -0.39 is 0 Å². The van der Waals surface area contributed by atoms with Crippen LogP contribution in [0.2, 0.25) is 0 Å². The summed E-state index contributed by atoms with van der Waals surface area (Å²) in [6.07, 6.45) is 0. The highest BCUT2D eigenvalue weighted by Gasteiger charge is 2.22. The van der Waals surface area contributed by atoms with Gasteiger partial charge < -0.3 is 24.8 Å². The van der Waals surface area contributed by atoms with Crippen molar-refractivity contribution in [3.63, 3.8) is 0 Å². The molecule has 37 heavy (non-hydrogen) atoms. The van der Waals surface area contributed by atoms with E-state index in [0.717, 1.165) is 27.9 Å². The quantitative estimate of drug-likeness (QED) is 0.284. The van der Waals surface area contributed by atoms with Gasteiger partial charge in [-0.3, -0.25) is 9.59 Å². The van der Waals surface area contributed by atoms with Crippen molar-refractivity contribution < 1.29 is 19.1 Å². The Labute approximate surface area is 212 Å². The van der Waals surface area contributed by atoms with Gasteiger partial charge in [-0.15, -0.1) is 0 Å². The monoisotopic (exact) mass is 492 g/mol. The van der Waals surface area contributed by atoms with Crippen molar-refractivity contribution in [1.29, 1.82) is 0 Å². The predicted molar refractivity (Wildman–Crippen MR) is 141 cm³/mol. The number of imidazole rings is 1. The van der Waals surface area contributed by atoms with Gasteiger partial charge in [-0.1, -0.05) is 30.3 Å². The molecule has 1 aliphatic rings. The fourth-order valence-corrected chi connectivity index (χ4v) is 4.67. The molecule has 0 aliphatic carbocycles. The zero-order chi connectivity index (χ0) is 25.5. The average Bonchev–Trinajstić information content (AvgIpc) is 3.47. The molecule has 5 aromatic rings. The SMILES string of the molecule is Cc1[nH]c(C(=O)Nc2ccc3c(c2)OCCO3)c(C)c1-c1nc2ccc(C(=O)c3ccccc3)cc2[nH]1. The lowest BCUT2D eigenvalue weighted by Gasteiger charge is -2.19. The molecule has 0 saturated carbocycles. The molecule has 184 valence electrons. The Kier molecular flexibility index (Phi) is 5.49. The summed E-state index contributed by atoms with van der Waals surface area (Å²) >= 11 is 0. The molecule has 0 bridgehead atoms. The van der Waals surface area contributed by atoms with Gasteiger partial charge in [-0.25, -0.2) is 4.98 Å². The van der Waals surface area contributed by atoms with Crippen molar-refractivity contribution in [2.45, 2.75) is 13.8 Å². The Morgan fingerprint density at radius 1 is 0.865 bits per heavy atom. The summed E-state index contributed by atoms with van der Waals surface area (Å²) in [7, 11) is 0. The van der Waals surface area contributed by atoms with Crippen molar-refractivity contribution in [2.24, 2.45) is 0 Å². The Bertz CT molecular complexity index is 1670. The third-order valence-electron chi connectivity index (χ3n) is 6.48. The van der Waals surface area contributed by atoms with E-state index in [1.54, 1.807) is 36.4 Å². The van der Waals surface area contributed by atoms with Crippen molar-refractivity contribution >= 4 is 28.4 Å². The standard InChI is InChI=1S/C29H24N4O4/c1-16-25(17(2)30-26(16)29(35)31-20-9-11-23-24(15-20)37-13-12-36-23)28-32-21-10-8-19(14-22(21)33-28)27(34)18-6-4-3-5-7-18/h3-11,14-15,30H,12-13H2,1-2H3,(H,31,35)(H,32,33). The van der Waals surface area contributed by atoms with E-state index in [9.17, 15) is 9.59 Å². The molecule has 0 radical (unpaired) electrons. The second-order valence-electron chi connectivity index (χ2n) is 8.95. The smallest absolute Gasteiger partial charge is 0.272 e. The molecule has 2 aromatic heterocycles. The number of anilines is 1. The van der Waals surface area contributed by atoms with Gasteiger partial charge in [0.2, 0.25) is 0 Å². The summed E-state index contributed by atoms with van der Waals surface area (Å²) in [5.74, 6) is 1.58. The van der Waals surface area contributed by atoms with Crippen LogP contribution in [0.5, 0.6) is 11.5 Å². The molecule has 0 fully saturated rings. The largest absolute Gasteiger partial charge is 0.486 e. The van der Waals surface area contributed by atoms with Gasteiger partial charge in [0.25, 0.3) is 5.91 Å². The number of benzene rings is 3. The number of carbonyl (C=O) groups is 2. The lowest BCUT2D eigenvalue weighted by molar-refractivity contribution is 0.101. The number of aromatic amines is 2. The Morgan fingerprint density at radius 3 is 2.46 bits per heavy atom. The zero-order valence-corrected chi connectivity index (χ0v) is 20.3. The number of rotatable bonds is 5. The molecule has 8 heteroatoms. The van der Waals surface area contributed by atoms with Gasteiger partial charge in [0, 0.05) is 34.1 Å². The number of nitrogens with one attached hydrogen (secondary N) is 3. The normalized spacial score (nSPS) is 12.5. The fourth-order valence-electron chi connectivity index (χ4n) is 4.67. The summed E-state index contributed by atoms with van der Waals surface area (Å²) in [5.41, 5.74) is 6.16. The lowest BCUT2D eigenvalue weighted by Crippen LogP contribution is -2.17. The van der Waals surface area contributed by atoms with Gasteiger partial charge in [0.15, 0.2) is 17.3 Å². The average molecular weight is 493 g/mol. The van der Waals surface area contributed by atoms with Crippen LogP contribution < -0.4 is 14.8 Å². The van der Waals surface area contributed by atoms with Crippen molar-refractivity contribution in [2.75, 3.05) is 18.5 Å². The number of hydrogen-bond acceptors (Lipinski definition) is 5. The molecule has 3 heterocycles. The van der Waals surface area contributed by atoms with E-state index >= 15 is 0 Å². The van der Waals surface area contributed by atoms with Gasteiger partial charge in [0.1, 0.15) is 24.7 Å². The minimum Gasteiger partial charge on any atom is -0.486 e. The summed E-state index contributed by atoms with van der Waals surface area (Å²) in [6, 6.07) is 19.9. The Hall–Kier alpha value is -4.85. The molecular weight excluding hydrogens is 468 g/mol. The van der Waals surface area contributed by atoms with Gasteiger partial charge in [-0.05, 0) is 49.7 Å². The second kappa shape index (κ2) is 8.98. The van der Waals surface area contributed by atoms with E-state index in [0.29, 0.717) is 53.0 Å². The maximum Gasteiger partial charge on any atom is 0.272 e. The van der Waals surface area contributed by atoms with Crippen molar-refractivity contribution in [1.82, 2.24) is 15.0 Å². The number of ketones is 1. The van der Waals surface area contributed by atoms with Crippen LogP contribution in [0.15, 0.2) is 66.7 Å². The Morgan fingerprint density at radius 2 is 1.65 bits per heavy atom. The first-order valence-electron chi connectivity index (χ1n) is 12.0. The van der Waals surface area contributed by atoms with Crippen LogP contribution >= 0.6 is 0 Å². The highest BCUT2D eigenvalue weighted by molar-refractivity contribution is 6.10. The molecule has 0 unspecified atom stereocenters. The molecule has 1 aliphatic heterocycles. The molecule has 1 amide bonds.